The largest absolute Gasteiger partial charge is 0.353 e. The highest BCUT2D eigenvalue weighted by molar-refractivity contribution is 7.09. The van der Waals surface area contributed by atoms with Crippen molar-refractivity contribution < 1.29 is 14.0 Å². The molecule has 1 N–H and O–H groups in total. The number of rotatable bonds is 6. The summed E-state index contributed by atoms with van der Waals surface area (Å²) in [6, 6.07) is 3.61. The molecular weight excluding hydrogens is 391 g/mol. The van der Waals surface area contributed by atoms with Crippen LogP contribution in [0.1, 0.15) is 17.0 Å². The Balaban J connectivity index is 1.68. The average Bonchev–Trinajstić information content (AvgIpc) is 3.13. The third kappa shape index (κ3) is 5.03. The lowest BCUT2D eigenvalue weighted by Gasteiger charge is -2.35. The highest BCUT2D eigenvalue weighted by Crippen LogP contribution is 2.22. The molecular formula is C18H20ClFN4O2S. The summed E-state index contributed by atoms with van der Waals surface area (Å²) in [5, 5.41) is 5.82. The van der Waals surface area contributed by atoms with Crippen molar-refractivity contribution in [3.8, 4) is 0 Å². The first-order valence-corrected chi connectivity index (χ1v) is 9.78. The first-order valence-electron chi connectivity index (χ1n) is 8.52. The molecule has 9 heteroatoms. The van der Waals surface area contributed by atoms with Crippen molar-refractivity contribution in [1.82, 2.24) is 20.1 Å². The van der Waals surface area contributed by atoms with Crippen LogP contribution >= 0.6 is 22.9 Å². The van der Waals surface area contributed by atoms with Crippen LogP contribution in [0.5, 0.6) is 0 Å². The summed E-state index contributed by atoms with van der Waals surface area (Å²) >= 11 is 7.60. The molecule has 1 atom stereocenters. The molecule has 0 saturated carbocycles. The van der Waals surface area contributed by atoms with Gasteiger partial charge in [-0.15, -0.1) is 11.3 Å². The Bertz CT molecular complexity index is 818. The highest BCUT2D eigenvalue weighted by atomic mass is 35.5. The zero-order valence-corrected chi connectivity index (χ0v) is 16.4. The highest BCUT2D eigenvalue weighted by Gasteiger charge is 2.32. The molecule has 0 spiro atoms. The number of amides is 2. The molecule has 0 bridgehead atoms. The number of halogens is 2. The number of benzene rings is 1. The Kier molecular flexibility index (Phi) is 6.41. The van der Waals surface area contributed by atoms with Crippen LogP contribution in [-0.4, -0.2) is 52.8 Å². The van der Waals surface area contributed by atoms with Crippen molar-refractivity contribution in [2.24, 2.45) is 0 Å². The first-order chi connectivity index (χ1) is 12.9. The summed E-state index contributed by atoms with van der Waals surface area (Å²) in [5.41, 5.74) is 0.723. The lowest BCUT2D eigenvalue weighted by atomic mass is 10.1. The van der Waals surface area contributed by atoms with Gasteiger partial charge >= 0.3 is 0 Å². The summed E-state index contributed by atoms with van der Waals surface area (Å²) < 4.78 is 13.3. The lowest BCUT2D eigenvalue weighted by Crippen LogP contribution is -2.56. The van der Waals surface area contributed by atoms with Gasteiger partial charge in [0.05, 0.1) is 19.0 Å². The van der Waals surface area contributed by atoms with E-state index < -0.39 is 11.9 Å². The Hall–Kier alpha value is -2.03. The second-order valence-electron chi connectivity index (χ2n) is 6.39. The summed E-state index contributed by atoms with van der Waals surface area (Å²) in [7, 11) is 1.70. The van der Waals surface area contributed by atoms with Crippen LogP contribution in [0.2, 0.25) is 5.02 Å². The number of carbonyl (C=O) groups excluding carboxylic acids is 2. The molecule has 27 heavy (non-hydrogen) atoms. The lowest BCUT2D eigenvalue weighted by molar-refractivity contribution is -0.138. The van der Waals surface area contributed by atoms with Crippen molar-refractivity contribution >= 4 is 34.8 Å². The molecule has 1 aromatic carbocycles. The van der Waals surface area contributed by atoms with E-state index in [0.29, 0.717) is 31.2 Å². The molecule has 2 aromatic rings. The predicted molar refractivity (Wildman–Crippen MR) is 102 cm³/mol. The van der Waals surface area contributed by atoms with E-state index in [-0.39, 0.29) is 18.2 Å². The van der Waals surface area contributed by atoms with E-state index in [9.17, 15) is 14.0 Å². The second kappa shape index (κ2) is 8.77. The number of carbonyl (C=O) groups is 2. The van der Waals surface area contributed by atoms with Crippen LogP contribution in [0.15, 0.2) is 29.8 Å². The zero-order chi connectivity index (χ0) is 19.4. The summed E-state index contributed by atoms with van der Waals surface area (Å²) in [6.45, 7) is 1.88. The Morgan fingerprint density at radius 1 is 1.52 bits per heavy atom. The van der Waals surface area contributed by atoms with E-state index in [1.54, 1.807) is 24.2 Å². The number of thiazole rings is 1. The maximum Gasteiger partial charge on any atom is 0.237 e. The van der Waals surface area contributed by atoms with Crippen molar-refractivity contribution in [2.45, 2.75) is 25.6 Å². The predicted octanol–water partition coefficient (Wildman–Crippen LogP) is 2.28. The molecule has 1 aliphatic rings. The maximum absolute atomic E-state index is 13.3. The Morgan fingerprint density at radius 2 is 2.33 bits per heavy atom. The molecule has 0 radical (unpaired) electrons. The van der Waals surface area contributed by atoms with Gasteiger partial charge in [0.15, 0.2) is 0 Å². The number of hydrogen-bond donors (Lipinski definition) is 1. The minimum absolute atomic E-state index is 0.0620. The van der Waals surface area contributed by atoms with Crippen LogP contribution < -0.4 is 5.32 Å². The van der Waals surface area contributed by atoms with Gasteiger partial charge in [-0.1, -0.05) is 17.7 Å². The van der Waals surface area contributed by atoms with Gasteiger partial charge in [-0.3, -0.25) is 14.5 Å². The molecule has 2 heterocycles. The van der Waals surface area contributed by atoms with E-state index in [0.717, 1.165) is 10.6 Å². The molecule has 3 rings (SSSR count). The molecule has 0 aliphatic carbocycles. The van der Waals surface area contributed by atoms with Gasteiger partial charge in [0.25, 0.3) is 0 Å². The van der Waals surface area contributed by atoms with Crippen molar-refractivity contribution in [3.63, 3.8) is 0 Å². The van der Waals surface area contributed by atoms with Gasteiger partial charge in [-0.05, 0) is 17.7 Å². The number of aromatic nitrogens is 1. The fraction of sp³-hybridized carbons (Fsp3) is 0.389. The number of nitrogens with zero attached hydrogens (tertiary/aromatic N) is 3. The van der Waals surface area contributed by atoms with Gasteiger partial charge in [0.2, 0.25) is 11.8 Å². The van der Waals surface area contributed by atoms with Crippen molar-refractivity contribution in [3.05, 3.63) is 51.2 Å². The summed E-state index contributed by atoms with van der Waals surface area (Å²) in [4.78, 5) is 32.7. The van der Waals surface area contributed by atoms with Crippen LogP contribution in [0.25, 0.3) is 0 Å². The Morgan fingerprint density at radius 3 is 3.04 bits per heavy atom. The molecule has 1 aromatic heterocycles. The summed E-state index contributed by atoms with van der Waals surface area (Å²) in [6.07, 6.45) is 1.76. The van der Waals surface area contributed by atoms with Gasteiger partial charge < -0.3 is 10.2 Å². The smallest absolute Gasteiger partial charge is 0.237 e. The minimum Gasteiger partial charge on any atom is -0.353 e. The van der Waals surface area contributed by atoms with E-state index >= 15 is 0 Å². The van der Waals surface area contributed by atoms with E-state index in [1.807, 2.05) is 10.3 Å². The van der Waals surface area contributed by atoms with Crippen molar-refractivity contribution in [2.75, 3.05) is 20.1 Å². The van der Waals surface area contributed by atoms with Gasteiger partial charge in [0, 0.05) is 43.3 Å². The first kappa shape index (κ1) is 19.7. The molecule has 6 nitrogen and oxygen atoms in total. The monoisotopic (exact) mass is 410 g/mol. The molecule has 2 amide bonds. The van der Waals surface area contributed by atoms with E-state index in [2.05, 4.69) is 10.3 Å². The average molecular weight is 411 g/mol. The normalized spacial score (nSPS) is 17.6. The van der Waals surface area contributed by atoms with E-state index in [1.165, 1.54) is 23.5 Å². The van der Waals surface area contributed by atoms with Gasteiger partial charge in [-0.2, -0.15) is 0 Å². The summed E-state index contributed by atoms with van der Waals surface area (Å²) in [5.74, 6) is -0.728. The molecule has 1 aliphatic heterocycles. The van der Waals surface area contributed by atoms with Crippen LogP contribution in [0.4, 0.5) is 4.39 Å². The maximum atomic E-state index is 13.3. The standard InChI is InChI=1S/C18H20ClFN4O2S/c1-23(11-16-21-5-7-27-16)17(25)9-15-18(26)22-4-6-24(15)10-12-2-3-13(20)8-14(12)19/h2-3,5,7-8,15H,4,6,9-11H2,1H3,(H,22,26). The van der Waals surface area contributed by atoms with Crippen molar-refractivity contribution in [1.29, 1.82) is 0 Å². The van der Waals surface area contributed by atoms with Gasteiger partial charge in [-0.25, -0.2) is 9.37 Å². The fourth-order valence-electron chi connectivity index (χ4n) is 2.99. The topological polar surface area (TPSA) is 65.5 Å². The Labute approximate surface area is 165 Å². The number of nitrogens with one attached hydrogen (secondary N) is 1. The third-order valence-corrected chi connectivity index (χ3v) is 5.60. The third-order valence-electron chi connectivity index (χ3n) is 4.48. The minimum atomic E-state index is -0.592. The zero-order valence-electron chi connectivity index (χ0n) is 14.8. The molecule has 1 fully saturated rings. The van der Waals surface area contributed by atoms with Gasteiger partial charge in [0.1, 0.15) is 10.8 Å². The molecule has 1 unspecified atom stereocenters. The number of piperazine rings is 1. The SMILES string of the molecule is CN(Cc1nccs1)C(=O)CC1C(=O)NCCN1Cc1ccc(F)cc1Cl. The number of hydrogen-bond acceptors (Lipinski definition) is 5. The van der Waals surface area contributed by atoms with Crippen LogP contribution in [-0.2, 0) is 22.7 Å². The quantitative estimate of drug-likeness (QED) is 0.793. The van der Waals surface area contributed by atoms with Crippen LogP contribution in [0.3, 0.4) is 0 Å². The van der Waals surface area contributed by atoms with E-state index in [4.69, 9.17) is 11.6 Å². The molecule has 1 saturated heterocycles. The fourth-order valence-corrected chi connectivity index (χ4v) is 3.88. The molecule has 144 valence electrons. The second-order valence-corrected chi connectivity index (χ2v) is 7.78. The van der Waals surface area contributed by atoms with Crippen LogP contribution in [0, 0.1) is 5.82 Å².